The number of unbranched alkanes of at least 4 members (excludes halogenated alkanes) is 2. The molecule has 3 heteroatoms. The van der Waals surface area contributed by atoms with Gasteiger partial charge < -0.3 is 15.4 Å². The second kappa shape index (κ2) is 9.82. The first-order valence-electron chi connectivity index (χ1n) is 7.36. The summed E-state index contributed by atoms with van der Waals surface area (Å²) in [7, 11) is 2.19. The van der Waals surface area contributed by atoms with E-state index in [1.807, 2.05) is 24.3 Å². The first-order chi connectivity index (χ1) is 9.26. The first kappa shape index (κ1) is 16.0. The Kier molecular flexibility index (Phi) is 8.26. The zero-order valence-corrected chi connectivity index (χ0v) is 12.4. The molecule has 0 fully saturated rings. The summed E-state index contributed by atoms with van der Waals surface area (Å²) in [4.78, 5) is 2.38. The molecule has 0 bridgehead atoms. The molecule has 0 aromatic heterocycles. The molecule has 0 amide bonds. The van der Waals surface area contributed by atoms with E-state index in [-0.39, 0.29) is 0 Å². The number of hydrogen-bond acceptors (Lipinski definition) is 3. The van der Waals surface area contributed by atoms with Crippen LogP contribution in [0.25, 0.3) is 0 Å². The van der Waals surface area contributed by atoms with Gasteiger partial charge in [0, 0.05) is 13.1 Å². The van der Waals surface area contributed by atoms with Gasteiger partial charge in [-0.15, -0.1) is 0 Å². The van der Waals surface area contributed by atoms with Crippen LogP contribution in [0.4, 0.5) is 0 Å². The van der Waals surface area contributed by atoms with Crippen molar-refractivity contribution in [2.24, 2.45) is 5.73 Å². The van der Waals surface area contributed by atoms with E-state index in [1.54, 1.807) is 0 Å². The Bertz CT molecular complexity index is 341. The van der Waals surface area contributed by atoms with Crippen LogP contribution in [-0.4, -0.2) is 31.6 Å². The van der Waals surface area contributed by atoms with Crippen molar-refractivity contribution >= 4 is 0 Å². The van der Waals surface area contributed by atoms with Crippen LogP contribution in [0, 0.1) is 0 Å². The first-order valence-corrected chi connectivity index (χ1v) is 7.36. The topological polar surface area (TPSA) is 38.5 Å². The summed E-state index contributed by atoms with van der Waals surface area (Å²) in [6.07, 6.45) is 4.98. The smallest absolute Gasteiger partial charge is 0.119 e. The molecular formula is C16H28N2O. The molecule has 0 aliphatic heterocycles. The predicted octanol–water partition coefficient (Wildman–Crippen LogP) is 3.04. The molecule has 0 saturated heterocycles. The standard InChI is InChI=1S/C16H28N2O/c1-3-4-5-10-18(2)11-7-12-19-16-9-6-8-15(13-16)14-17/h6,8-9,13H,3-5,7,10-12,14,17H2,1-2H3. The number of hydrogen-bond donors (Lipinski definition) is 1. The lowest BCUT2D eigenvalue weighted by molar-refractivity contribution is 0.260. The Hall–Kier alpha value is -1.06. The summed E-state index contributed by atoms with van der Waals surface area (Å²) in [5.41, 5.74) is 6.73. The van der Waals surface area contributed by atoms with Crippen LogP contribution < -0.4 is 10.5 Å². The van der Waals surface area contributed by atoms with Crippen molar-refractivity contribution in [3.05, 3.63) is 29.8 Å². The van der Waals surface area contributed by atoms with Crippen molar-refractivity contribution in [3.8, 4) is 5.75 Å². The van der Waals surface area contributed by atoms with E-state index in [4.69, 9.17) is 10.5 Å². The van der Waals surface area contributed by atoms with Crippen molar-refractivity contribution in [3.63, 3.8) is 0 Å². The molecule has 0 aliphatic rings. The molecule has 1 aromatic carbocycles. The third-order valence-corrected chi connectivity index (χ3v) is 3.23. The molecule has 0 heterocycles. The zero-order valence-electron chi connectivity index (χ0n) is 12.4. The minimum absolute atomic E-state index is 0.567. The van der Waals surface area contributed by atoms with Crippen molar-refractivity contribution in [2.45, 2.75) is 39.2 Å². The lowest BCUT2D eigenvalue weighted by Gasteiger charge is -2.16. The maximum atomic E-state index is 5.74. The average molecular weight is 264 g/mol. The van der Waals surface area contributed by atoms with Gasteiger partial charge in [0.2, 0.25) is 0 Å². The molecule has 1 aromatic rings. The minimum atomic E-state index is 0.567. The summed E-state index contributed by atoms with van der Waals surface area (Å²) in [5.74, 6) is 0.927. The third-order valence-electron chi connectivity index (χ3n) is 3.23. The highest BCUT2D eigenvalue weighted by molar-refractivity contribution is 5.28. The van der Waals surface area contributed by atoms with E-state index in [2.05, 4.69) is 18.9 Å². The molecule has 108 valence electrons. The van der Waals surface area contributed by atoms with E-state index in [0.29, 0.717) is 6.54 Å². The summed E-state index contributed by atoms with van der Waals surface area (Å²) in [5, 5.41) is 0. The van der Waals surface area contributed by atoms with Crippen molar-refractivity contribution < 1.29 is 4.74 Å². The minimum Gasteiger partial charge on any atom is -0.494 e. The highest BCUT2D eigenvalue weighted by Crippen LogP contribution is 2.13. The monoisotopic (exact) mass is 264 g/mol. The number of benzene rings is 1. The molecule has 2 N–H and O–H groups in total. The van der Waals surface area contributed by atoms with E-state index in [9.17, 15) is 0 Å². The Morgan fingerprint density at radius 3 is 2.68 bits per heavy atom. The van der Waals surface area contributed by atoms with E-state index >= 15 is 0 Å². The van der Waals surface area contributed by atoms with Crippen LogP contribution in [0.1, 0.15) is 38.2 Å². The third kappa shape index (κ3) is 7.19. The van der Waals surface area contributed by atoms with Gasteiger partial charge in [0.05, 0.1) is 6.61 Å². The molecule has 1 rings (SSSR count). The summed E-state index contributed by atoms with van der Waals surface area (Å²) >= 11 is 0. The Morgan fingerprint density at radius 1 is 1.16 bits per heavy atom. The van der Waals surface area contributed by atoms with Crippen LogP contribution >= 0.6 is 0 Å². The van der Waals surface area contributed by atoms with Crippen molar-refractivity contribution in [1.82, 2.24) is 4.90 Å². The van der Waals surface area contributed by atoms with Crippen molar-refractivity contribution in [2.75, 3.05) is 26.7 Å². The highest BCUT2D eigenvalue weighted by atomic mass is 16.5. The van der Waals surface area contributed by atoms with Crippen LogP contribution in [0.5, 0.6) is 5.75 Å². The van der Waals surface area contributed by atoms with Gasteiger partial charge in [-0.3, -0.25) is 0 Å². The van der Waals surface area contributed by atoms with E-state index in [0.717, 1.165) is 30.9 Å². The second-order valence-corrected chi connectivity index (χ2v) is 5.06. The summed E-state index contributed by atoms with van der Waals surface area (Å²) in [6.45, 7) is 5.86. The lowest BCUT2D eigenvalue weighted by Crippen LogP contribution is -2.22. The lowest BCUT2D eigenvalue weighted by atomic mass is 10.2. The quantitative estimate of drug-likeness (QED) is 0.660. The van der Waals surface area contributed by atoms with Crippen LogP contribution in [0.15, 0.2) is 24.3 Å². The predicted molar refractivity (Wildman–Crippen MR) is 81.5 cm³/mol. The zero-order chi connectivity index (χ0) is 13.9. The maximum absolute atomic E-state index is 5.74. The second-order valence-electron chi connectivity index (χ2n) is 5.06. The van der Waals surface area contributed by atoms with E-state index < -0.39 is 0 Å². The van der Waals surface area contributed by atoms with Gasteiger partial charge in [0.1, 0.15) is 5.75 Å². The SMILES string of the molecule is CCCCCN(C)CCCOc1cccc(CN)c1. The molecule has 3 nitrogen and oxygen atoms in total. The Labute approximate surface area is 117 Å². The summed E-state index contributed by atoms with van der Waals surface area (Å²) < 4.78 is 5.74. The number of rotatable bonds is 10. The molecule has 0 atom stereocenters. The number of nitrogens with zero attached hydrogens (tertiary/aromatic N) is 1. The van der Waals surface area contributed by atoms with Gasteiger partial charge in [-0.2, -0.15) is 0 Å². The Morgan fingerprint density at radius 2 is 1.95 bits per heavy atom. The number of nitrogens with two attached hydrogens (primary N) is 1. The van der Waals surface area contributed by atoms with Crippen molar-refractivity contribution in [1.29, 1.82) is 0 Å². The van der Waals surface area contributed by atoms with Gasteiger partial charge in [0.15, 0.2) is 0 Å². The molecule has 0 aliphatic carbocycles. The largest absolute Gasteiger partial charge is 0.494 e. The van der Waals surface area contributed by atoms with E-state index in [1.165, 1.54) is 25.8 Å². The highest BCUT2D eigenvalue weighted by Gasteiger charge is 1.99. The van der Waals surface area contributed by atoms with Gasteiger partial charge in [-0.25, -0.2) is 0 Å². The van der Waals surface area contributed by atoms with Gasteiger partial charge in [0.25, 0.3) is 0 Å². The van der Waals surface area contributed by atoms with Gasteiger partial charge in [-0.05, 0) is 44.1 Å². The van der Waals surface area contributed by atoms with Crippen LogP contribution in [0.3, 0.4) is 0 Å². The molecule has 0 spiro atoms. The van der Waals surface area contributed by atoms with Gasteiger partial charge in [-0.1, -0.05) is 31.9 Å². The fourth-order valence-electron chi connectivity index (χ4n) is 2.03. The molecule has 0 unspecified atom stereocenters. The normalized spacial score (nSPS) is 10.9. The number of ether oxygens (including phenoxy) is 1. The van der Waals surface area contributed by atoms with Gasteiger partial charge >= 0.3 is 0 Å². The van der Waals surface area contributed by atoms with Crippen LogP contribution in [0.2, 0.25) is 0 Å². The molecule has 0 saturated carbocycles. The maximum Gasteiger partial charge on any atom is 0.119 e. The average Bonchev–Trinajstić information content (AvgIpc) is 2.44. The fourth-order valence-corrected chi connectivity index (χ4v) is 2.03. The molecule has 19 heavy (non-hydrogen) atoms. The fraction of sp³-hybridized carbons (Fsp3) is 0.625. The van der Waals surface area contributed by atoms with Crippen LogP contribution in [-0.2, 0) is 6.54 Å². The Balaban J connectivity index is 2.12. The summed E-state index contributed by atoms with van der Waals surface area (Å²) in [6, 6.07) is 8.03. The molecule has 0 radical (unpaired) electrons. The molecular weight excluding hydrogens is 236 g/mol.